The van der Waals surface area contributed by atoms with Gasteiger partial charge in [0.05, 0.1) is 25.2 Å². The summed E-state index contributed by atoms with van der Waals surface area (Å²) in [5.74, 6) is 1.35. The zero-order valence-electron chi connectivity index (χ0n) is 18.1. The van der Waals surface area contributed by atoms with Crippen molar-refractivity contribution in [1.82, 2.24) is 9.97 Å². The largest absolute Gasteiger partial charge is 0.497 e. The van der Waals surface area contributed by atoms with Gasteiger partial charge in [-0.15, -0.1) is 0 Å². The fourth-order valence-corrected chi connectivity index (χ4v) is 3.37. The summed E-state index contributed by atoms with van der Waals surface area (Å²) < 4.78 is 11.0. The van der Waals surface area contributed by atoms with Gasteiger partial charge in [0.1, 0.15) is 12.4 Å². The summed E-state index contributed by atoms with van der Waals surface area (Å²) >= 11 is 0. The third-order valence-corrected chi connectivity index (χ3v) is 5.24. The first kappa shape index (κ1) is 21.8. The summed E-state index contributed by atoms with van der Waals surface area (Å²) in [5.41, 5.74) is 4.35. The van der Waals surface area contributed by atoms with Gasteiger partial charge in [0.2, 0.25) is 5.88 Å². The lowest BCUT2D eigenvalue weighted by atomic mass is 10.0. The lowest BCUT2D eigenvalue weighted by Crippen LogP contribution is -1.98. The van der Waals surface area contributed by atoms with E-state index in [4.69, 9.17) is 9.47 Å². The van der Waals surface area contributed by atoms with Gasteiger partial charge >= 0.3 is 0 Å². The van der Waals surface area contributed by atoms with Crippen molar-refractivity contribution in [2.45, 2.75) is 58.5 Å². The smallest absolute Gasteiger partial charge is 0.232 e. The summed E-state index contributed by atoms with van der Waals surface area (Å²) in [6.45, 7) is 2.75. The number of aromatic nitrogens is 2. The van der Waals surface area contributed by atoms with Crippen LogP contribution in [0.3, 0.4) is 0 Å². The molecule has 2 aromatic carbocycles. The van der Waals surface area contributed by atoms with Crippen LogP contribution in [0.4, 0.5) is 0 Å². The fraction of sp³-hybridized carbons (Fsp3) is 0.385. The number of ether oxygens (including phenoxy) is 2. The number of hydrogen-bond donors (Lipinski definition) is 0. The number of hydrogen-bond acceptors (Lipinski definition) is 4. The van der Waals surface area contributed by atoms with Crippen molar-refractivity contribution in [2.75, 3.05) is 7.11 Å². The minimum atomic E-state index is 0.494. The molecule has 3 aromatic rings. The Bertz CT molecular complexity index is 859. The first-order chi connectivity index (χ1) is 14.8. The van der Waals surface area contributed by atoms with Crippen molar-refractivity contribution in [1.29, 1.82) is 0 Å². The van der Waals surface area contributed by atoms with Crippen LogP contribution in [0, 0.1) is 0 Å². The molecule has 0 unspecified atom stereocenters. The van der Waals surface area contributed by atoms with Crippen LogP contribution in [0.25, 0.3) is 11.3 Å². The third kappa shape index (κ3) is 6.87. The molecular weight excluding hydrogens is 372 g/mol. The van der Waals surface area contributed by atoms with E-state index in [2.05, 4.69) is 41.2 Å². The van der Waals surface area contributed by atoms with Crippen LogP contribution in [0.2, 0.25) is 0 Å². The molecule has 0 bridgehead atoms. The molecule has 0 spiro atoms. The Morgan fingerprint density at radius 3 is 2.10 bits per heavy atom. The topological polar surface area (TPSA) is 44.2 Å². The van der Waals surface area contributed by atoms with Gasteiger partial charge in [0.15, 0.2) is 0 Å². The van der Waals surface area contributed by atoms with Gasteiger partial charge < -0.3 is 9.47 Å². The zero-order valence-corrected chi connectivity index (χ0v) is 18.1. The lowest BCUT2D eigenvalue weighted by molar-refractivity contribution is 0.292. The van der Waals surface area contributed by atoms with E-state index >= 15 is 0 Å². The zero-order chi connectivity index (χ0) is 21.0. The molecule has 1 aromatic heterocycles. The third-order valence-electron chi connectivity index (χ3n) is 5.24. The number of rotatable bonds is 12. The van der Waals surface area contributed by atoms with Crippen LogP contribution in [0.5, 0.6) is 11.6 Å². The summed E-state index contributed by atoms with van der Waals surface area (Å²) in [7, 11) is 1.66. The maximum Gasteiger partial charge on any atom is 0.232 e. The SMILES string of the molecule is CCCCCCCCc1ccc(COc2cnc(-c3ccc(OC)cc3)cn2)cc1. The van der Waals surface area contributed by atoms with Gasteiger partial charge in [0.25, 0.3) is 0 Å². The number of unbranched alkanes of at least 4 members (excludes halogenated alkanes) is 5. The molecule has 30 heavy (non-hydrogen) atoms. The van der Waals surface area contributed by atoms with Crippen molar-refractivity contribution in [3.05, 3.63) is 72.1 Å². The van der Waals surface area contributed by atoms with Crippen LogP contribution in [0.1, 0.15) is 56.6 Å². The molecule has 158 valence electrons. The Kier molecular flexibility index (Phi) is 8.70. The molecule has 3 rings (SSSR count). The van der Waals surface area contributed by atoms with Crippen molar-refractivity contribution in [2.24, 2.45) is 0 Å². The highest BCUT2D eigenvalue weighted by Crippen LogP contribution is 2.21. The molecule has 4 heteroatoms. The van der Waals surface area contributed by atoms with Gasteiger partial charge in [-0.3, -0.25) is 0 Å². The van der Waals surface area contributed by atoms with Crippen LogP contribution in [-0.2, 0) is 13.0 Å². The van der Waals surface area contributed by atoms with E-state index < -0.39 is 0 Å². The average molecular weight is 405 g/mol. The van der Waals surface area contributed by atoms with E-state index in [0.717, 1.165) is 29.0 Å². The molecule has 0 atom stereocenters. The van der Waals surface area contributed by atoms with Gasteiger partial charge in [-0.05, 0) is 48.2 Å². The number of benzene rings is 2. The van der Waals surface area contributed by atoms with E-state index in [9.17, 15) is 0 Å². The van der Waals surface area contributed by atoms with E-state index in [-0.39, 0.29) is 0 Å². The molecule has 4 nitrogen and oxygen atoms in total. The second-order valence-corrected chi connectivity index (χ2v) is 7.59. The highest BCUT2D eigenvalue weighted by Gasteiger charge is 2.03. The average Bonchev–Trinajstić information content (AvgIpc) is 2.81. The van der Waals surface area contributed by atoms with Gasteiger partial charge in [0, 0.05) is 5.56 Å². The van der Waals surface area contributed by atoms with Crippen LogP contribution in [-0.4, -0.2) is 17.1 Å². The Labute approximate surface area is 180 Å². The molecular formula is C26H32N2O2. The lowest BCUT2D eigenvalue weighted by Gasteiger charge is -2.08. The van der Waals surface area contributed by atoms with Gasteiger partial charge in [-0.2, -0.15) is 0 Å². The molecule has 0 aliphatic carbocycles. The molecule has 0 saturated carbocycles. The van der Waals surface area contributed by atoms with Gasteiger partial charge in [-0.25, -0.2) is 9.97 Å². The Morgan fingerprint density at radius 2 is 1.43 bits per heavy atom. The number of methoxy groups -OCH3 is 1. The second-order valence-electron chi connectivity index (χ2n) is 7.59. The van der Waals surface area contributed by atoms with E-state index in [0.29, 0.717) is 12.5 Å². The standard InChI is InChI=1S/C26H32N2O2/c1-3-4-5-6-7-8-9-21-10-12-22(13-11-21)20-30-26-19-27-25(18-28-26)23-14-16-24(29-2)17-15-23/h10-19H,3-9,20H2,1-2H3. The quantitative estimate of drug-likeness (QED) is 0.318. The predicted molar refractivity (Wildman–Crippen MR) is 122 cm³/mol. The normalized spacial score (nSPS) is 10.7. The Balaban J connectivity index is 1.43. The molecule has 0 fully saturated rings. The molecule has 0 N–H and O–H groups in total. The van der Waals surface area contributed by atoms with E-state index in [1.807, 2.05) is 24.3 Å². The molecule has 0 saturated heterocycles. The molecule has 1 heterocycles. The Morgan fingerprint density at radius 1 is 0.733 bits per heavy atom. The number of aryl methyl sites for hydroxylation is 1. The minimum absolute atomic E-state index is 0.494. The van der Waals surface area contributed by atoms with Crippen molar-refractivity contribution < 1.29 is 9.47 Å². The van der Waals surface area contributed by atoms with Crippen LogP contribution >= 0.6 is 0 Å². The van der Waals surface area contributed by atoms with Crippen molar-refractivity contribution in [3.8, 4) is 22.9 Å². The summed E-state index contributed by atoms with van der Waals surface area (Å²) in [5, 5.41) is 0. The highest BCUT2D eigenvalue weighted by molar-refractivity contribution is 5.59. The Hall–Kier alpha value is -2.88. The molecule has 0 radical (unpaired) electrons. The van der Waals surface area contributed by atoms with E-state index in [1.54, 1.807) is 19.5 Å². The predicted octanol–water partition coefficient (Wildman–Crippen LogP) is 6.63. The monoisotopic (exact) mass is 404 g/mol. The summed E-state index contributed by atoms with van der Waals surface area (Å²) in [4.78, 5) is 8.85. The van der Waals surface area contributed by atoms with Crippen LogP contribution in [0.15, 0.2) is 60.9 Å². The van der Waals surface area contributed by atoms with Crippen molar-refractivity contribution >= 4 is 0 Å². The number of nitrogens with zero attached hydrogens (tertiary/aromatic N) is 2. The minimum Gasteiger partial charge on any atom is -0.497 e. The first-order valence-corrected chi connectivity index (χ1v) is 11.0. The first-order valence-electron chi connectivity index (χ1n) is 11.0. The second kappa shape index (κ2) is 12.0. The maximum absolute atomic E-state index is 5.80. The molecule has 0 amide bonds. The summed E-state index contributed by atoms with van der Waals surface area (Å²) in [6, 6.07) is 16.5. The van der Waals surface area contributed by atoms with E-state index in [1.165, 1.54) is 44.1 Å². The highest BCUT2D eigenvalue weighted by atomic mass is 16.5. The van der Waals surface area contributed by atoms with Crippen molar-refractivity contribution in [3.63, 3.8) is 0 Å². The fourth-order valence-electron chi connectivity index (χ4n) is 3.37. The van der Waals surface area contributed by atoms with Gasteiger partial charge in [-0.1, -0.05) is 63.3 Å². The van der Waals surface area contributed by atoms with Crippen LogP contribution < -0.4 is 9.47 Å². The maximum atomic E-state index is 5.80. The molecule has 0 aliphatic rings. The molecule has 0 aliphatic heterocycles. The summed E-state index contributed by atoms with van der Waals surface area (Å²) in [6.07, 6.45) is 12.6.